The van der Waals surface area contributed by atoms with E-state index in [-0.39, 0.29) is 17.9 Å². The molecule has 1 aromatic heterocycles. The van der Waals surface area contributed by atoms with Gasteiger partial charge in [-0.3, -0.25) is 9.59 Å². The van der Waals surface area contributed by atoms with E-state index in [1.807, 2.05) is 72.5 Å². The zero-order chi connectivity index (χ0) is 25.7. The molecule has 2 aliphatic heterocycles. The molecule has 0 radical (unpaired) electrons. The highest BCUT2D eigenvalue weighted by Gasteiger charge is 2.44. The van der Waals surface area contributed by atoms with Gasteiger partial charge in [0.15, 0.2) is 0 Å². The van der Waals surface area contributed by atoms with Crippen LogP contribution in [0.2, 0.25) is 0 Å². The number of carbonyl (C=O) groups is 2. The van der Waals surface area contributed by atoms with Gasteiger partial charge < -0.3 is 15.1 Å². The second-order valence-electron chi connectivity index (χ2n) is 10.2. The second kappa shape index (κ2) is 11.1. The van der Waals surface area contributed by atoms with Gasteiger partial charge in [-0.25, -0.2) is 9.97 Å². The van der Waals surface area contributed by atoms with Gasteiger partial charge in [0.25, 0.3) is 5.91 Å². The van der Waals surface area contributed by atoms with Crippen molar-refractivity contribution in [1.82, 2.24) is 20.2 Å². The van der Waals surface area contributed by atoms with Crippen LogP contribution in [0.15, 0.2) is 73.1 Å². The number of nitrogens with one attached hydrogen (secondary N) is 1. The van der Waals surface area contributed by atoms with E-state index >= 15 is 0 Å². The summed E-state index contributed by atoms with van der Waals surface area (Å²) in [6.07, 6.45) is 7.96. The molecule has 2 aliphatic rings. The fraction of sp³-hybridized carbons (Fsp3) is 0.400. The van der Waals surface area contributed by atoms with Crippen LogP contribution in [0.1, 0.15) is 66.6 Å². The van der Waals surface area contributed by atoms with Crippen molar-refractivity contribution >= 4 is 17.8 Å². The fourth-order valence-electron chi connectivity index (χ4n) is 5.53. The Balaban J connectivity index is 1.29. The van der Waals surface area contributed by atoms with Gasteiger partial charge in [0.2, 0.25) is 11.9 Å². The van der Waals surface area contributed by atoms with Crippen molar-refractivity contribution in [3.05, 3.63) is 89.7 Å². The molecule has 2 fully saturated rings. The van der Waals surface area contributed by atoms with Gasteiger partial charge in [0.05, 0.1) is 17.0 Å². The molecule has 2 saturated heterocycles. The van der Waals surface area contributed by atoms with Crippen LogP contribution in [0.4, 0.5) is 5.95 Å². The SMILES string of the molecule is C[C@H](NC(=O)C1(c2ccccc2)CCN(C(=O)c2cnc(N3CCCCC3)nc2)CC1)c1ccccc1. The molecule has 7 nitrogen and oxygen atoms in total. The molecular weight excluding hydrogens is 462 g/mol. The van der Waals surface area contributed by atoms with Gasteiger partial charge in [-0.1, -0.05) is 60.7 Å². The minimum atomic E-state index is -0.685. The summed E-state index contributed by atoms with van der Waals surface area (Å²) in [6.45, 7) is 4.93. The molecule has 0 bridgehead atoms. The van der Waals surface area contributed by atoms with Gasteiger partial charge in [-0.15, -0.1) is 0 Å². The molecule has 0 saturated carbocycles. The van der Waals surface area contributed by atoms with Crippen LogP contribution >= 0.6 is 0 Å². The Hall–Kier alpha value is -3.74. The normalized spacial score (nSPS) is 18.2. The Morgan fingerprint density at radius 2 is 1.43 bits per heavy atom. The number of aromatic nitrogens is 2. The minimum Gasteiger partial charge on any atom is -0.349 e. The van der Waals surface area contributed by atoms with Crippen LogP contribution in [-0.4, -0.2) is 52.9 Å². The third-order valence-electron chi connectivity index (χ3n) is 7.84. The first-order chi connectivity index (χ1) is 18.1. The van der Waals surface area contributed by atoms with E-state index in [4.69, 9.17) is 0 Å². The van der Waals surface area contributed by atoms with E-state index in [0.29, 0.717) is 37.4 Å². The number of likely N-dealkylation sites (tertiary alicyclic amines) is 1. The van der Waals surface area contributed by atoms with E-state index < -0.39 is 5.41 Å². The number of amides is 2. The molecule has 5 rings (SSSR count). The van der Waals surface area contributed by atoms with Crippen LogP contribution in [0.25, 0.3) is 0 Å². The van der Waals surface area contributed by atoms with Crippen LogP contribution < -0.4 is 10.2 Å². The largest absolute Gasteiger partial charge is 0.349 e. The molecule has 7 heteroatoms. The van der Waals surface area contributed by atoms with Gasteiger partial charge in [0.1, 0.15) is 0 Å². The third kappa shape index (κ3) is 5.36. The highest BCUT2D eigenvalue weighted by atomic mass is 16.2. The summed E-state index contributed by atoms with van der Waals surface area (Å²) in [5, 5.41) is 3.25. The Labute approximate surface area is 218 Å². The predicted molar refractivity (Wildman–Crippen MR) is 144 cm³/mol. The summed E-state index contributed by atoms with van der Waals surface area (Å²) in [5.41, 5.74) is 1.87. The predicted octanol–water partition coefficient (Wildman–Crippen LogP) is 4.52. The molecule has 1 atom stereocenters. The molecule has 0 spiro atoms. The van der Waals surface area contributed by atoms with E-state index in [1.54, 1.807) is 12.4 Å². The first kappa shape index (κ1) is 24.9. The first-order valence-electron chi connectivity index (χ1n) is 13.3. The lowest BCUT2D eigenvalue weighted by Crippen LogP contribution is -2.53. The second-order valence-corrected chi connectivity index (χ2v) is 10.2. The van der Waals surface area contributed by atoms with E-state index in [2.05, 4.69) is 20.2 Å². The maximum Gasteiger partial charge on any atom is 0.256 e. The number of hydrogen-bond donors (Lipinski definition) is 1. The minimum absolute atomic E-state index is 0.0105. The third-order valence-corrected chi connectivity index (χ3v) is 7.84. The van der Waals surface area contributed by atoms with Crippen molar-refractivity contribution in [2.75, 3.05) is 31.1 Å². The van der Waals surface area contributed by atoms with Crippen molar-refractivity contribution in [1.29, 1.82) is 0 Å². The van der Waals surface area contributed by atoms with E-state index in [1.165, 1.54) is 6.42 Å². The number of carbonyl (C=O) groups excluding carboxylic acids is 2. The zero-order valence-corrected chi connectivity index (χ0v) is 21.5. The van der Waals surface area contributed by atoms with E-state index in [0.717, 1.165) is 37.1 Å². The van der Waals surface area contributed by atoms with E-state index in [9.17, 15) is 9.59 Å². The highest BCUT2D eigenvalue weighted by Crippen LogP contribution is 2.37. The molecule has 3 heterocycles. The van der Waals surface area contributed by atoms with Crippen LogP contribution in [0, 0.1) is 0 Å². The monoisotopic (exact) mass is 497 g/mol. The molecule has 3 aromatic rings. The first-order valence-corrected chi connectivity index (χ1v) is 13.3. The molecule has 0 aliphatic carbocycles. The lowest BCUT2D eigenvalue weighted by atomic mass is 9.71. The summed E-state index contributed by atoms with van der Waals surface area (Å²) < 4.78 is 0. The summed E-state index contributed by atoms with van der Waals surface area (Å²) >= 11 is 0. The lowest BCUT2D eigenvalue weighted by Gasteiger charge is -2.41. The molecule has 0 unspecified atom stereocenters. The maximum atomic E-state index is 13.8. The van der Waals surface area contributed by atoms with Crippen molar-refractivity contribution in [3.8, 4) is 0 Å². The number of nitrogens with zero attached hydrogens (tertiary/aromatic N) is 4. The van der Waals surface area contributed by atoms with Gasteiger partial charge in [0, 0.05) is 38.6 Å². The molecule has 37 heavy (non-hydrogen) atoms. The summed E-state index contributed by atoms with van der Waals surface area (Å²) in [4.78, 5) is 40.1. The molecule has 1 N–H and O–H groups in total. The molecule has 2 aromatic carbocycles. The molecule has 192 valence electrons. The van der Waals surface area contributed by atoms with Gasteiger partial charge >= 0.3 is 0 Å². The smallest absolute Gasteiger partial charge is 0.256 e. The van der Waals surface area contributed by atoms with Crippen LogP contribution in [-0.2, 0) is 10.2 Å². The van der Waals surface area contributed by atoms with Gasteiger partial charge in [-0.05, 0) is 50.2 Å². The summed E-state index contributed by atoms with van der Waals surface area (Å²) in [7, 11) is 0. The molecular formula is C30H35N5O2. The van der Waals surface area contributed by atoms with Crippen LogP contribution in [0.5, 0.6) is 0 Å². The Kier molecular flexibility index (Phi) is 7.49. The number of benzene rings is 2. The number of anilines is 1. The topological polar surface area (TPSA) is 78.4 Å². The number of rotatable bonds is 6. The maximum absolute atomic E-state index is 13.8. The number of piperidine rings is 2. The lowest BCUT2D eigenvalue weighted by molar-refractivity contribution is -0.129. The summed E-state index contributed by atoms with van der Waals surface area (Å²) in [5.74, 6) is 0.628. The van der Waals surface area contributed by atoms with Crippen molar-refractivity contribution in [2.45, 2.75) is 50.5 Å². The average Bonchev–Trinajstić information content (AvgIpc) is 2.98. The van der Waals surface area contributed by atoms with Crippen molar-refractivity contribution < 1.29 is 9.59 Å². The van der Waals surface area contributed by atoms with Crippen molar-refractivity contribution in [2.24, 2.45) is 0 Å². The zero-order valence-electron chi connectivity index (χ0n) is 21.5. The van der Waals surface area contributed by atoms with Crippen molar-refractivity contribution in [3.63, 3.8) is 0 Å². The average molecular weight is 498 g/mol. The molecule has 2 amide bonds. The number of hydrogen-bond acceptors (Lipinski definition) is 5. The Morgan fingerprint density at radius 1 is 0.838 bits per heavy atom. The Morgan fingerprint density at radius 3 is 2.05 bits per heavy atom. The quantitative estimate of drug-likeness (QED) is 0.542. The Bertz CT molecular complexity index is 1190. The standard InChI is InChI=1S/C30H35N5O2/c1-23(24-11-5-2-6-12-24)33-28(37)30(26-13-7-3-8-14-26)15-19-34(20-16-30)27(36)25-21-31-29(32-22-25)35-17-9-4-10-18-35/h2-3,5-8,11-14,21-23H,4,9-10,15-20H2,1H3,(H,33,37)/t23-/m0/s1. The fourth-order valence-corrected chi connectivity index (χ4v) is 5.53. The summed E-state index contributed by atoms with van der Waals surface area (Å²) in [6, 6.07) is 19.9. The van der Waals surface area contributed by atoms with Gasteiger partial charge in [-0.2, -0.15) is 0 Å². The van der Waals surface area contributed by atoms with Crippen LogP contribution in [0.3, 0.4) is 0 Å². The highest BCUT2D eigenvalue weighted by molar-refractivity contribution is 5.94.